The summed E-state index contributed by atoms with van der Waals surface area (Å²) < 4.78 is 44.4. The predicted molar refractivity (Wildman–Crippen MR) is 136 cm³/mol. The number of carbonyl (C=O) groups is 2. The van der Waals surface area contributed by atoms with E-state index in [4.69, 9.17) is 4.74 Å². The normalized spacial score (nSPS) is 15.4. The number of ether oxygens (including phenoxy) is 1. The second-order valence-corrected chi connectivity index (χ2v) is 9.87. The van der Waals surface area contributed by atoms with Gasteiger partial charge in [0.2, 0.25) is 5.91 Å². The van der Waals surface area contributed by atoms with Crippen molar-refractivity contribution >= 4 is 29.0 Å². The highest BCUT2D eigenvalue weighted by atomic mass is 32.1. The maximum Gasteiger partial charge on any atom is 0.416 e. The molecule has 10 heteroatoms. The Balaban J connectivity index is 1.49. The van der Waals surface area contributed by atoms with Crippen LogP contribution < -0.4 is 5.32 Å². The average molecular weight is 532 g/mol. The summed E-state index contributed by atoms with van der Waals surface area (Å²) in [4.78, 5) is 30.8. The first-order valence-corrected chi connectivity index (χ1v) is 12.8. The number of urea groups is 1. The van der Waals surface area contributed by atoms with Gasteiger partial charge in [-0.3, -0.25) is 4.79 Å². The van der Waals surface area contributed by atoms with Gasteiger partial charge in [0, 0.05) is 30.3 Å². The van der Waals surface area contributed by atoms with Gasteiger partial charge in [0.15, 0.2) is 0 Å². The first kappa shape index (κ1) is 26.7. The van der Waals surface area contributed by atoms with E-state index in [1.54, 1.807) is 16.2 Å². The number of thiophene rings is 1. The molecule has 3 aromatic rings. The number of nitrogens with zero attached hydrogens (tertiary/aromatic N) is 2. The van der Waals surface area contributed by atoms with Crippen molar-refractivity contribution in [1.29, 1.82) is 0 Å². The van der Waals surface area contributed by atoms with E-state index in [-0.39, 0.29) is 30.8 Å². The van der Waals surface area contributed by atoms with Gasteiger partial charge in [-0.05, 0) is 54.1 Å². The van der Waals surface area contributed by atoms with E-state index >= 15 is 0 Å². The van der Waals surface area contributed by atoms with Crippen molar-refractivity contribution in [2.24, 2.45) is 0 Å². The molecule has 2 heterocycles. The lowest BCUT2D eigenvalue weighted by atomic mass is 10.2. The second-order valence-electron chi connectivity index (χ2n) is 8.84. The molecule has 3 amide bonds. The van der Waals surface area contributed by atoms with E-state index in [1.165, 1.54) is 17.0 Å². The fourth-order valence-corrected chi connectivity index (χ4v) is 4.81. The Morgan fingerprint density at radius 3 is 2.35 bits per heavy atom. The lowest BCUT2D eigenvalue weighted by Gasteiger charge is -2.29. The minimum Gasteiger partial charge on any atom is -0.376 e. The molecule has 1 unspecified atom stereocenters. The van der Waals surface area contributed by atoms with Gasteiger partial charge in [-0.25, -0.2) is 4.79 Å². The molecule has 1 aliphatic rings. The zero-order valence-corrected chi connectivity index (χ0v) is 20.9. The van der Waals surface area contributed by atoms with E-state index in [0.717, 1.165) is 35.4 Å². The zero-order valence-electron chi connectivity index (χ0n) is 20.1. The molecule has 4 rings (SSSR count). The van der Waals surface area contributed by atoms with Crippen molar-refractivity contribution in [3.05, 3.63) is 88.1 Å². The van der Waals surface area contributed by atoms with Crippen LogP contribution in [0.2, 0.25) is 0 Å². The quantitative estimate of drug-likeness (QED) is 0.368. The van der Waals surface area contributed by atoms with Crippen LogP contribution in [0, 0.1) is 0 Å². The highest BCUT2D eigenvalue weighted by Crippen LogP contribution is 2.30. The largest absolute Gasteiger partial charge is 0.416 e. The molecule has 1 atom stereocenters. The number of hydrogen-bond acceptors (Lipinski definition) is 4. The van der Waals surface area contributed by atoms with Crippen molar-refractivity contribution in [1.82, 2.24) is 9.80 Å². The van der Waals surface area contributed by atoms with Crippen LogP contribution in [-0.4, -0.2) is 47.5 Å². The number of alkyl halides is 3. The first-order chi connectivity index (χ1) is 17.8. The Kier molecular flexibility index (Phi) is 8.83. The third-order valence-corrected chi connectivity index (χ3v) is 6.88. The van der Waals surface area contributed by atoms with Crippen LogP contribution in [0.4, 0.5) is 23.7 Å². The zero-order chi connectivity index (χ0) is 26.3. The summed E-state index contributed by atoms with van der Waals surface area (Å²) in [5.41, 5.74) is 0.372. The molecule has 0 saturated carbocycles. The van der Waals surface area contributed by atoms with Crippen molar-refractivity contribution < 1.29 is 27.5 Å². The minimum absolute atomic E-state index is 0.190. The SMILES string of the molecule is O=C(CN(CC1CCCO1)C(=O)Nc1ccc(C(F)(F)F)cc1)N(Cc1ccccc1)Cc1cccs1. The van der Waals surface area contributed by atoms with Crippen LogP contribution in [-0.2, 0) is 28.8 Å². The van der Waals surface area contributed by atoms with Gasteiger partial charge in [-0.1, -0.05) is 36.4 Å². The molecule has 37 heavy (non-hydrogen) atoms. The minimum atomic E-state index is -4.47. The maximum atomic E-state index is 13.5. The fourth-order valence-electron chi connectivity index (χ4n) is 4.09. The highest BCUT2D eigenvalue weighted by Gasteiger charge is 2.30. The topological polar surface area (TPSA) is 61.9 Å². The van der Waals surface area contributed by atoms with Crippen molar-refractivity contribution in [3.63, 3.8) is 0 Å². The van der Waals surface area contributed by atoms with Crippen molar-refractivity contribution in [2.75, 3.05) is 25.0 Å². The van der Waals surface area contributed by atoms with Crippen LogP contribution in [0.5, 0.6) is 0 Å². The van der Waals surface area contributed by atoms with Gasteiger partial charge in [0.05, 0.1) is 18.2 Å². The number of amides is 3. The number of anilines is 1. The van der Waals surface area contributed by atoms with Gasteiger partial charge in [-0.2, -0.15) is 13.2 Å². The molecule has 6 nitrogen and oxygen atoms in total. The van der Waals surface area contributed by atoms with Crippen LogP contribution in [0.15, 0.2) is 72.1 Å². The summed E-state index contributed by atoms with van der Waals surface area (Å²) in [6.07, 6.45) is -3.04. The molecule has 2 aromatic carbocycles. The molecular weight excluding hydrogens is 503 g/mol. The smallest absolute Gasteiger partial charge is 0.376 e. The van der Waals surface area contributed by atoms with Gasteiger partial charge >= 0.3 is 12.2 Å². The summed E-state index contributed by atoms with van der Waals surface area (Å²) in [7, 11) is 0. The fraction of sp³-hybridized carbons (Fsp3) is 0.333. The van der Waals surface area contributed by atoms with Crippen LogP contribution in [0.3, 0.4) is 0 Å². The van der Waals surface area contributed by atoms with Crippen molar-refractivity contribution in [3.8, 4) is 0 Å². The van der Waals surface area contributed by atoms with Gasteiger partial charge < -0.3 is 19.9 Å². The standard InChI is InChI=1S/C27H28F3N3O3S/c28-27(29,30)21-10-12-22(13-11-21)31-26(35)33(17-23-8-4-14-36-23)19-25(34)32(18-24-9-5-15-37-24)16-20-6-2-1-3-7-20/h1-3,5-7,9-13,15,23H,4,8,14,16-19H2,(H,31,35). The highest BCUT2D eigenvalue weighted by molar-refractivity contribution is 7.09. The van der Waals surface area contributed by atoms with E-state index in [0.29, 0.717) is 19.7 Å². The number of rotatable bonds is 9. The van der Waals surface area contributed by atoms with Gasteiger partial charge in [0.25, 0.3) is 0 Å². The van der Waals surface area contributed by atoms with E-state index in [9.17, 15) is 22.8 Å². The maximum absolute atomic E-state index is 13.5. The Labute approximate surface area is 217 Å². The Morgan fingerprint density at radius 1 is 0.973 bits per heavy atom. The summed E-state index contributed by atoms with van der Waals surface area (Å²) in [6, 6.07) is 17.1. The van der Waals surface area contributed by atoms with E-state index < -0.39 is 17.8 Å². The molecule has 1 aliphatic heterocycles. The number of hydrogen-bond donors (Lipinski definition) is 1. The third kappa shape index (κ3) is 7.80. The number of halogens is 3. The number of benzene rings is 2. The average Bonchev–Trinajstić information content (AvgIpc) is 3.58. The summed E-state index contributed by atoms with van der Waals surface area (Å²) in [5, 5.41) is 4.58. The number of nitrogens with one attached hydrogen (secondary N) is 1. The molecule has 0 aliphatic carbocycles. The van der Waals surface area contributed by atoms with E-state index in [1.807, 2.05) is 47.8 Å². The van der Waals surface area contributed by atoms with Crippen molar-refractivity contribution in [2.45, 2.75) is 38.2 Å². The number of carbonyl (C=O) groups excluding carboxylic acids is 2. The van der Waals surface area contributed by atoms with Crippen LogP contribution >= 0.6 is 11.3 Å². The lowest BCUT2D eigenvalue weighted by Crippen LogP contribution is -2.46. The molecule has 1 N–H and O–H groups in total. The molecule has 196 valence electrons. The van der Waals surface area contributed by atoms with Gasteiger partial charge in [-0.15, -0.1) is 11.3 Å². The Hall–Kier alpha value is -3.37. The Bertz CT molecular complexity index is 1150. The molecule has 1 saturated heterocycles. The molecule has 0 spiro atoms. The summed E-state index contributed by atoms with van der Waals surface area (Å²) in [6.45, 7) is 1.39. The second kappa shape index (κ2) is 12.2. The lowest BCUT2D eigenvalue weighted by molar-refractivity contribution is -0.137. The molecule has 0 bridgehead atoms. The first-order valence-electron chi connectivity index (χ1n) is 12.0. The molecule has 0 radical (unpaired) electrons. The van der Waals surface area contributed by atoms with E-state index in [2.05, 4.69) is 5.32 Å². The summed E-state index contributed by atoms with van der Waals surface area (Å²) in [5.74, 6) is -0.238. The molecular formula is C27H28F3N3O3S. The van der Waals surface area contributed by atoms with Gasteiger partial charge in [0.1, 0.15) is 6.54 Å². The summed E-state index contributed by atoms with van der Waals surface area (Å²) >= 11 is 1.55. The third-order valence-electron chi connectivity index (χ3n) is 6.02. The monoisotopic (exact) mass is 531 g/mol. The van der Waals surface area contributed by atoms with Crippen LogP contribution in [0.1, 0.15) is 28.8 Å². The molecule has 1 fully saturated rings. The van der Waals surface area contributed by atoms with Crippen LogP contribution in [0.25, 0.3) is 0 Å². The predicted octanol–water partition coefficient (Wildman–Crippen LogP) is 6.01. The molecule has 1 aromatic heterocycles. The Morgan fingerprint density at radius 2 is 1.73 bits per heavy atom.